The Morgan fingerprint density at radius 3 is 2.52 bits per heavy atom. The van der Waals surface area contributed by atoms with Crippen molar-refractivity contribution in [3.63, 3.8) is 0 Å². The average Bonchev–Trinajstić information content (AvgIpc) is 2.43. The van der Waals surface area contributed by atoms with Crippen molar-refractivity contribution in [2.45, 2.75) is 18.2 Å². The number of aryl methyl sites for hydroxylation is 1. The van der Waals surface area contributed by atoms with Crippen LogP contribution in [0.25, 0.3) is 0 Å². The molecule has 0 amide bonds. The first-order valence-electron chi connectivity index (χ1n) is 6.25. The van der Waals surface area contributed by atoms with E-state index >= 15 is 0 Å². The summed E-state index contributed by atoms with van der Waals surface area (Å²) in [6.45, 7) is 2.79. The zero-order valence-electron chi connectivity index (χ0n) is 12.3. The zero-order valence-corrected chi connectivity index (χ0v) is 13.9. The first-order chi connectivity index (χ1) is 9.42. The summed E-state index contributed by atoms with van der Waals surface area (Å²) in [5, 5.41) is 2.94. The maximum absolute atomic E-state index is 12.1. The number of carbonyl (C=O) groups is 1. The molecule has 0 radical (unpaired) electrons. The lowest BCUT2D eigenvalue weighted by atomic mass is 10.1. The summed E-state index contributed by atoms with van der Waals surface area (Å²) in [6.07, 6.45) is 0.686. The van der Waals surface area contributed by atoms with Crippen LogP contribution in [-0.2, 0) is 14.8 Å². The molecule has 0 aliphatic heterocycles. The van der Waals surface area contributed by atoms with E-state index in [4.69, 9.17) is 0 Å². The Labute approximate surface area is 131 Å². The first-order valence-corrected chi connectivity index (χ1v) is 7.74. The van der Waals surface area contributed by atoms with Gasteiger partial charge in [0.25, 0.3) is 0 Å². The molecular formula is C13H21ClN2O4S. The van der Waals surface area contributed by atoms with Crippen molar-refractivity contribution in [2.24, 2.45) is 0 Å². The van der Waals surface area contributed by atoms with Crippen molar-refractivity contribution in [1.29, 1.82) is 0 Å². The summed E-state index contributed by atoms with van der Waals surface area (Å²) in [7, 11) is -0.542. The number of hydrogen-bond donors (Lipinski definition) is 2. The highest BCUT2D eigenvalue weighted by Gasteiger charge is 2.17. The van der Waals surface area contributed by atoms with Gasteiger partial charge in [-0.15, -0.1) is 12.4 Å². The Kier molecular flexibility index (Phi) is 8.50. The molecule has 0 saturated heterocycles. The lowest BCUT2D eigenvalue weighted by Gasteiger charge is -2.09. The van der Waals surface area contributed by atoms with E-state index in [1.54, 1.807) is 20.0 Å². The lowest BCUT2D eigenvalue weighted by molar-refractivity contribution is 0.0599. The summed E-state index contributed by atoms with van der Waals surface area (Å²) >= 11 is 0. The lowest BCUT2D eigenvalue weighted by Crippen LogP contribution is -2.27. The minimum atomic E-state index is -3.61. The van der Waals surface area contributed by atoms with Crippen LogP contribution in [0.1, 0.15) is 22.3 Å². The molecule has 1 aromatic rings. The van der Waals surface area contributed by atoms with E-state index in [1.165, 1.54) is 19.2 Å². The van der Waals surface area contributed by atoms with Gasteiger partial charge in [-0.3, -0.25) is 0 Å². The second kappa shape index (κ2) is 8.99. The van der Waals surface area contributed by atoms with Gasteiger partial charge in [-0.25, -0.2) is 17.9 Å². The molecule has 0 unspecified atom stereocenters. The third-order valence-electron chi connectivity index (χ3n) is 2.82. The summed E-state index contributed by atoms with van der Waals surface area (Å²) in [5.74, 6) is -0.547. The molecule has 2 N–H and O–H groups in total. The van der Waals surface area contributed by atoms with Gasteiger partial charge in [0.15, 0.2) is 0 Å². The van der Waals surface area contributed by atoms with Gasteiger partial charge < -0.3 is 10.1 Å². The van der Waals surface area contributed by atoms with Crippen molar-refractivity contribution in [3.8, 4) is 0 Å². The van der Waals surface area contributed by atoms with E-state index in [-0.39, 0.29) is 22.9 Å². The van der Waals surface area contributed by atoms with Crippen LogP contribution in [-0.4, -0.2) is 41.6 Å². The Hall–Kier alpha value is -1.15. The van der Waals surface area contributed by atoms with E-state index in [0.29, 0.717) is 18.5 Å². The number of nitrogens with one attached hydrogen (secondary N) is 2. The number of methoxy groups -OCH3 is 1. The Morgan fingerprint density at radius 2 is 1.95 bits per heavy atom. The zero-order chi connectivity index (χ0) is 15.2. The Morgan fingerprint density at radius 1 is 1.29 bits per heavy atom. The molecule has 8 heteroatoms. The SMILES string of the molecule is CNCCCNS(=O)(=O)c1ccc(C)c(C(=O)OC)c1.Cl. The van der Waals surface area contributed by atoms with Crippen LogP contribution in [0.3, 0.4) is 0 Å². The molecule has 21 heavy (non-hydrogen) atoms. The number of halogens is 1. The number of hydrogen-bond acceptors (Lipinski definition) is 5. The fourth-order valence-corrected chi connectivity index (χ4v) is 2.75. The number of esters is 1. The smallest absolute Gasteiger partial charge is 0.338 e. The van der Waals surface area contributed by atoms with Gasteiger partial charge in [0.1, 0.15) is 0 Å². The van der Waals surface area contributed by atoms with E-state index < -0.39 is 16.0 Å². The third-order valence-corrected chi connectivity index (χ3v) is 4.28. The van der Waals surface area contributed by atoms with Crippen molar-refractivity contribution >= 4 is 28.4 Å². The van der Waals surface area contributed by atoms with Crippen LogP contribution < -0.4 is 10.0 Å². The highest BCUT2D eigenvalue weighted by atomic mass is 35.5. The van der Waals surface area contributed by atoms with Crippen LogP contribution in [0.4, 0.5) is 0 Å². The maximum atomic E-state index is 12.1. The topological polar surface area (TPSA) is 84.5 Å². The van der Waals surface area contributed by atoms with Crippen molar-refractivity contribution in [3.05, 3.63) is 29.3 Å². The quantitative estimate of drug-likeness (QED) is 0.575. The molecule has 0 saturated carbocycles. The van der Waals surface area contributed by atoms with E-state index in [1.807, 2.05) is 0 Å². The van der Waals surface area contributed by atoms with E-state index in [9.17, 15) is 13.2 Å². The second-order valence-corrected chi connectivity index (χ2v) is 6.09. The van der Waals surface area contributed by atoms with Crippen molar-refractivity contribution in [2.75, 3.05) is 27.2 Å². The van der Waals surface area contributed by atoms with E-state index in [0.717, 1.165) is 6.54 Å². The molecule has 1 aromatic carbocycles. The molecule has 0 fully saturated rings. The molecule has 0 aliphatic rings. The van der Waals surface area contributed by atoms with Crippen molar-refractivity contribution < 1.29 is 17.9 Å². The van der Waals surface area contributed by atoms with Gasteiger partial charge in [0.2, 0.25) is 10.0 Å². The fourth-order valence-electron chi connectivity index (χ4n) is 1.65. The Balaban J connectivity index is 0.00000400. The predicted octanol–water partition coefficient (Wildman–Crippen LogP) is 1.09. The minimum Gasteiger partial charge on any atom is -0.465 e. The molecule has 0 aromatic heterocycles. The summed E-state index contributed by atoms with van der Waals surface area (Å²) < 4.78 is 31.3. The van der Waals surface area contributed by atoms with Crippen LogP contribution in [0.15, 0.2) is 23.1 Å². The third kappa shape index (κ3) is 5.62. The van der Waals surface area contributed by atoms with Crippen LogP contribution in [0.2, 0.25) is 0 Å². The number of sulfonamides is 1. The molecule has 1 rings (SSSR count). The standard InChI is InChI=1S/C13H20N2O4S.ClH/c1-10-5-6-11(9-12(10)13(16)19-3)20(17,18)15-8-4-7-14-2;/h5-6,9,14-15H,4,7-8H2,1-3H3;1H. The largest absolute Gasteiger partial charge is 0.465 e. The van der Waals surface area contributed by atoms with Gasteiger partial charge in [-0.1, -0.05) is 6.07 Å². The van der Waals surface area contributed by atoms with Crippen LogP contribution in [0.5, 0.6) is 0 Å². The fraction of sp³-hybridized carbons (Fsp3) is 0.462. The monoisotopic (exact) mass is 336 g/mol. The molecular weight excluding hydrogens is 316 g/mol. The predicted molar refractivity (Wildman–Crippen MR) is 83.5 cm³/mol. The summed E-state index contributed by atoms with van der Waals surface area (Å²) in [5.41, 5.74) is 0.927. The normalized spacial score (nSPS) is 10.8. The highest BCUT2D eigenvalue weighted by molar-refractivity contribution is 7.89. The number of rotatable bonds is 7. The van der Waals surface area contributed by atoms with E-state index in [2.05, 4.69) is 14.8 Å². The number of carbonyl (C=O) groups excluding carboxylic acids is 1. The minimum absolute atomic E-state index is 0. The average molecular weight is 337 g/mol. The molecule has 120 valence electrons. The van der Waals surface area contributed by atoms with Crippen LogP contribution >= 0.6 is 12.4 Å². The van der Waals surface area contributed by atoms with Gasteiger partial charge in [0.05, 0.1) is 17.6 Å². The van der Waals surface area contributed by atoms with Gasteiger partial charge in [-0.2, -0.15) is 0 Å². The number of ether oxygens (including phenoxy) is 1. The molecule has 0 atom stereocenters. The van der Waals surface area contributed by atoms with Gasteiger partial charge >= 0.3 is 5.97 Å². The second-order valence-electron chi connectivity index (χ2n) is 4.32. The van der Waals surface area contributed by atoms with Crippen molar-refractivity contribution in [1.82, 2.24) is 10.0 Å². The molecule has 0 bridgehead atoms. The first kappa shape index (κ1) is 19.9. The highest BCUT2D eigenvalue weighted by Crippen LogP contribution is 2.16. The molecule has 0 aliphatic carbocycles. The van der Waals surface area contributed by atoms with Gasteiger partial charge in [0, 0.05) is 6.54 Å². The summed E-state index contributed by atoms with van der Waals surface area (Å²) in [4.78, 5) is 11.6. The molecule has 6 nitrogen and oxygen atoms in total. The number of benzene rings is 1. The maximum Gasteiger partial charge on any atom is 0.338 e. The molecule has 0 heterocycles. The summed E-state index contributed by atoms with van der Waals surface area (Å²) in [6, 6.07) is 4.40. The van der Waals surface area contributed by atoms with Gasteiger partial charge in [-0.05, 0) is 44.6 Å². The Bertz CT molecular complexity index is 576. The molecule has 0 spiro atoms. The van der Waals surface area contributed by atoms with Crippen LogP contribution in [0, 0.1) is 6.92 Å².